The van der Waals surface area contributed by atoms with Crippen molar-refractivity contribution < 1.29 is 22.0 Å². The second-order valence-corrected chi connectivity index (χ2v) is 7.72. The standard InChI is InChI=1S/C21H21F5N8/c1-11-8-29-17(30-16(28-2)3-4-27)6-14(11)12-5-15-18-31-32-20(21(25,26)19(23)24)34(18)13(7-22)10-33(15)9-12/h3-6,8-9,13,19,27-28H,7,10H2,1-2H3,(H,29,30)/b16-3+,27-4?/t13-/m0/s1. The van der Waals surface area contributed by atoms with E-state index in [1.165, 1.54) is 6.08 Å². The fourth-order valence-electron chi connectivity index (χ4n) is 3.87. The second-order valence-electron chi connectivity index (χ2n) is 7.72. The number of nitrogens with one attached hydrogen (secondary N) is 3. The van der Waals surface area contributed by atoms with E-state index in [1.54, 1.807) is 36.1 Å². The van der Waals surface area contributed by atoms with E-state index in [9.17, 15) is 22.0 Å². The summed E-state index contributed by atoms with van der Waals surface area (Å²) in [5.41, 5.74) is 2.60. The monoisotopic (exact) mass is 480 g/mol. The maximum absolute atomic E-state index is 14.1. The molecular formula is C21H21F5N8. The molecule has 1 atom stereocenters. The summed E-state index contributed by atoms with van der Waals surface area (Å²) in [5.74, 6) is -4.89. The Morgan fingerprint density at radius 2 is 2.09 bits per heavy atom. The van der Waals surface area contributed by atoms with Gasteiger partial charge in [0.2, 0.25) is 5.82 Å². The van der Waals surface area contributed by atoms with Crippen LogP contribution in [-0.2, 0) is 12.5 Å². The molecule has 4 rings (SSSR count). The number of nitrogens with zero attached hydrogens (tertiary/aromatic N) is 5. The summed E-state index contributed by atoms with van der Waals surface area (Å²) < 4.78 is 70.4. The van der Waals surface area contributed by atoms with Gasteiger partial charge < -0.3 is 20.6 Å². The second kappa shape index (κ2) is 8.88. The molecule has 8 nitrogen and oxygen atoms in total. The van der Waals surface area contributed by atoms with Gasteiger partial charge >= 0.3 is 12.3 Å². The normalized spacial score (nSPS) is 15.8. The number of hydrogen-bond acceptors (Lipinski definition) is 6. The lowest BCUT2D eigenvalue weighted by Gasteiger charge is -2.27. The highest BCUT2D eigenvalue weighted by Crippen LogP contribution is 2.41. The number of pyridine rings is 1. The fraction of sp³-hybridized carbons (Fsp3) is 0.333. The molecule has 0 aromatic carbocycles. The zero-order valence-electron chi connectivity index (χ0n) is 18.2. The van der Waals surface area contributed by atoms with Crippen molar-refractivity contribution in [3.8, 4) is 22.6 Å². The summed E-state index contributed by atoms with van der Waals surface area (Å²) in [4.78, 5) is 4.32. The first kappa shape index (κ1) is 23.4. The van der Waals surface area contributed by atoms with E-state index in [2.05, 4.69) is 25.8 Å². The molecule has 0 fully saturated rings. The molecule has 3 N–H and O–H groups in total. The van der Waals surface area contributed by atoms with Gasteiger partial charge in [0.1, 0.15) is 18.3 Å². The zero-order valence-corrected chi connectivity index (χ0v) is 18.2. The van der Waals surface area contributed by atoms with Gasteiger partial charge in [0.25, 0.3) is 0 Å². The Morgan fingerprint density at radius 3 is 2.74 bits per heavy atom. The molecular weight excluding hydrogens is 459 g/mol. The zero-order chi connectivity index (χ0) is 24.6. The number of anilines is 1. The van der Waals surface area contributed by atoms with Crippen molar-refractivity contribution in [1.82, 2.24) is 29.6 Å². The summed E-state index contributed by atoms with van der Waals surface area (Å²) >= 11 is 0. The van der Waals surface area contributed by atoms with Crippen molar-refractivity contribution >= 4 is 12.0 Å². The number of aryl methyl sites for hydroxylation is 1. The van der Waals surface area contributed by atoms with E-state index in [4.69, 9.17) is 5.41 Å². The quantitative estimate of drug-likeness (QED) is 0.333. The van der Waals surface area contributed by atoms with E-state index >= 15 is 0 Å². The molecule has 0 aliphatic carbocycles. The van der Waals surface area contributed by atoms with Crippen LogP contribution in [0.1, 0.15) is 17.4 Å². The molecule has 3 aromatic rings. The minimum Gasteiger partial charge on any atom is -0.375 e. The Labute approximate surface area is 191 Å². The van der Waals surface area contributed by atoms with E-state index in [0.29, 0.717) is 22.9 Å². The Balaban J connectivity index is 1.78. The highest BCUT2D eigenvalue weighted by atomic mass is 19.3. The Kier molecular flexibility index (Phi) is 6.11. The molecule has 0 unspecified atom stereocenters. The third kappa shape index (κ3) is 3.90. The molecule has 0 amide bonds. The topological polar surface area (TPSA) is 96.4 Å². The van der Waals surface area contributed by atoms with Gasteiger partial charge in [0.05, 0.1) is 11.7 Å². The number of alkyl halides is 5. The number of hydrogen-bond donors (Lipinski definition) is 3. The summed E-state index contributed by atoms with van der Waals surface area (Å²) in [6.07, 6.45) is 1.98. The lowest BCUT2D eigenvalue weighted by atomic mass is 10.1. The molecule has 1 aliphatic heterocycles. The van der Waals surface area contributed by atoms with Crippen molar-refractivity contribution in [2.45, 2.75) is 31.9 Å². The van der Waals surface area contributed by atoms with Crippen molar-refractivity contribution in [2.24, 2.45) is 0 Å². The van der Waals surface area contributed by atoms with Crippen LogP contribution in [0.4, 0.5) is 27.8 Å². The van der Waals surface area contributed by atoms with Crippen molar-refractivity contribution in [2.75, 3.05) is 19.0 Å². The highest BCUT2D eigenvalue weighted by molar-refractivity contribution is 5.75. The lowest BCUT2D eigenvalue weighted by Crippen LogP contribution is -2.33. The molecule has 13 heteroatoms. The number of aromatic nitrogens is 5. The van der Waals surface area contributed by atoms with Gasteiger partial charge in [-0.05, 0) is 36.3 Å². The Bertz CT molecular complexity index is 1250. The van der Waals surface area contributed by atoms with Gasteiger partial charge in [0, 0.05) is 37.8 Å². The lowest BCUT2D eigenvalue weighted by molar-refractivity contribution is -0.143. The minimum atomic E-state index is -4.56. The summed E-state index contributed by atoms with van der Waals surface area (Å²) in [7, 11) is 1.68. The SMILES string of the molecule is CN/C(=C\C=N)Nc1cc(-c2cc3n(c2)C[C@H](CF)n2c-3nnc2C(F)(F)C(F)F)c(C)cn1. The van der Waals surface area contributed by atoms with Crippen LogP contribution in [0.2, 0.25) is 0 Å². The van der Waals surface area contributed by atoms with Crippen LogP contribution in [0.15, 0.2) is 36.4 Å². The van der Waals surface area contributed by atoms with Gasteiger partial charge in [-0.2, -0.15) is 8.78 Å². The molecule has 4 heterocycles. The Hall–Kier alpha value is -3.77. The van der Waals surface area contributed by atoms with Crippen LogP contribution in [0.3, 0.4) is 0 Å². The van der Waals surface area contributed by atoms with Crippen molar-refractivity contribution in [3.05, 3.63) is 47.8 Å². The van der Waals surface area contributed by atoms with Crippen LogP contribution >= 0.6 is 0 Å². The van der Waals surface area contributed by atoms with Crippen LogP contribution in [0, 0.1) is 12.3 Å². The number of halogens is 5. The first-order chi connectivity index (χ1) is 16.2. The average Bonchev–Trinajstić information content (AvgIpc) is 3.44. The predicted octanol–water partition coefficient (Wildman–Crippen LogP) is 4.12. The third-order valence-corrected chi connectivity index (χ3v) is 5.54. The molecule has 0 spiro atoms. The molecule has 1 aliphatic rings. The van der Waals surface area contributed by atoms with E-state index in [0.717, 1.165) is 21.9 Å². The average molecular weight is 480 g/mol. The molecule has 0 bridgehead atoms. The maximum atomic E-state index is 14.1. The molecule has 0 saturated carbocycles. The van der Waals surface area contributed by atoms with Gasteiger partial charge in [-0.15, -0.1) is 10.2 Å². The van der Waals surface area contributed by atoms with Crippen molar-refractivity contribution in [3.63, 3.8) is 0 Å². The molecule has 0 saturated heterocycles. The number of allylic oxidation sites excluding steroid dienone is 1. The first-order valence-electron chi connectivity index (χ1n) is 10.2. The first-order valence-corrected chi connectivity index (χ1v) is 10.2. The summed E-state index contributed by atoms with van der Waals surface area (Å²) in [6, 6.07) is 2.27. The summed E-state index contributed by atoms with van der Waals surface area (Å²) in [6.45, 7) is 0.729. The Morgan fingerprint density at radius 1 is 1.32 bits per heavy atom. The van der Waals surface area contributed by atoms with E-state index in [-0.39, 0.29) is 12.4 Å². The number of rotatable bonds is 8. The van der Waals surface area contributed by atoms with Crippen LogP contribution in [0.25, 0.3) is 22.6 Å². The minimum absolute atomic E-state index is 0.0512. The van der Waals surface area contributed by atoms with Gasteiger partial charge in [0.15, 0.2) is 5.82 Å². The highest BCUT2D eigenvalue weighted by Gasteiger charge is 2.49. The third-order valence-electron chi connectivity index (χ3n) is 5.54. The van der Waals surface area contributed by atoms with Gasteiger partial charge in [-0.25, -0.2) is 18.2 Å². The van der Waals surface area contributed by atoms with Crippen LogP contribution in [0.5, 0.6) is 0 Å². The van der Waals surface area contributed by atoms with Gasteiger partial charge in [-0.1, -0.05) is 0 Å². The fourth-order valence-corrected chi connectivity index (χ4v) is 3.87. The van der Waals surface area contributed by atoms with Crippen LogP contribution < -0.4 is 10.6 Å². The molecule has 0 radical (unpaired) electrons. The largest absolute Gasteiger partial charge is 0.375 e. The number of fused-ring (bicyclic) bond motifs is 3. The van der Waals surface area contributed by atoms with Crippen LogP contribution in [-0.4, -0.2) is 50.7 Å². The predicted molar refractivity (Wildman–Crippen MR) is 116 cm³/mol. The van der Waals surface area contributed by atoms with E-state index in [1.807, 2.05) is 6.92 Å². The molecule has 3 aromatic heterocycles. The summed E-state index contributed by atoms with van der Waals surface area (Å²) in [5, 5.41) is 20.2. The van der Waals surface area contributed by atoms with Crippen molar-refractivity contribution in [1.29, 1.82) is 5.41 Å². The molecule has 180 valence electrons. The smallest absolute Gasteiger partial charge is 0.365 e. The maximum Gasteiger partial charge on any atom is 0.365 e. The van der Waals surface area contributed by atoms with E-state index < -0.39 is 30.9 Å². The van der Waals surface area contributed by atoms with Gasteiger partial charge in [-0.3, -0.25) is 4.57 Å². The molecule has 34 heavy (non-hydrogen) atoms.